The van der Waals surface area contributed by atoms with Crippen molar-refractivity contribution in [1.29, 1.82) is 5.26 Å². The molecule has 0 aromatic heterocycles. The molecule has 0 aliphatic heterocycles. The van der Waals surface area contributed by atoms with E-state index in [0.29, 0.717) is 0 Å². The van der Waals surface area contributed by atoms with Crippen LogP contribution in [0.2, 0.25) is 0 Å². The van der Waals surface area contributed by atoms with Crippen LogP contribution in [0.3, 0.4) is 0 Å². The largest absolute Gasteiger partial charge is 0.439 e. The van der Waals surface area contributed by atoms with Crippen molar-refractivity contribution in [3.63, 3.8) is 0 Å². The molecule has 0 bridgehead atoms. The minimum Gasteiger partial charge on any atom is -0.439 e. The van der Waals surface area contributed by atoms with Gasteiger partial charge in [-0.05, 0) is 0 Å². The molecule has 0 aliphatic rings. The molecule has 0 aromatic rings. The van der Waals surface area contributed by atoms with Gasteiger partial charge in [-0.3, -0.25) is 0 Å². The fourth-order valence-corrected chi connectivity index (χ4v) is 0.543. The standard InChI is InChI=1S/C7H3F6NO2/c1-3(2-14)4(15)16-5(6(8,9)10)7(11,12)13/h5H,1H2. The maximum absolute atomic E-state index is 11.8. The molecule has 3 nitrogen and oxygen atoms in total. The summed E-state index contributed by atoms with van der Waals surface area (Å²) in [6, 6.07) is 0.969. The van der Waals surface area contributed by atoms with Gasteiger partial charge in [-0.1, -0.05) is 6.58 Å². The zero-order chi connectivity index (χ0) is 13.1. The van der Waals surface area contributed by atoms with Crippen molar-refractivity contribution in [2.75, 3.05) is 0 Å². The highest BCUT2D eigenvalue weighted by Crippen LogP contribution is 2.35. The topological polar surface area (TPSA) is 50.1 Å². The number of nitriles is 1. The molecular weight excluding hydrogens is 244 g/mol. The molecule has 0 saturated heterocycles. The lowest BCUT2D eigenvalue weighted by molar-refractivity contribution is -0.312. The Morgan fingerprint density at radius 2 is 1.56 bits per heavy atom. The molecule has 0 heterocycles. The predicted octanol–water partition coefficient (Wildman–Crippen LogP) is 2.10. The summed E-state index contributed by atoms with van der Waals surface area (Å²) < 4.78 is 74.1. The van der Waals surface area contributed by atoms with Crippen LogP contribution in [0.5, 0.6) is 0 Å². The third-order valence-electron chi connectivity index (χ3n) is 1.20. The molecule has 0 radical (unpaired) electrons. The first-order valence-electron chi connectivity index (χ1n) is 3.43. The molecule has 0 saturated carbocycles. The molecule has 0 spiro atoms. The van der Waals surface area contributed by atoms with Crippen LogP contribution in [0.25, 0.3) is 0 Å². The van der Waals surface area contributed by atoms with Crippen LogP contribution in [0.15, 0.2) is 12.2 Å². The Balaban J connectivity index is 4.94. The average molecular weight is 247 g/mol. The van der Waals surface area contributed by atoms with Gasteiger partial charge in [0, 0.05) is 0 Å². The fourth-order valence-electron chi connectivity index (χ4n) is 0.543. The van der Waals surface area contributed by atoms with Gasteiger partial charge in [0.15, 0.2) is 0 Å². The summed E-state index contributed by atoms with van der Waals surface area (Å²) in [5, 5.41) is 8.01. The summed E-state index contributed by atoms with van der Waals surface area (Å²) in [4.78, 5) is 10.5. The van der Waals surface area contributed by atoms with Crippen LogP contribution in [0.4, 0.5) is 26.3 Å². The van der Waals surface area contributed by atoms with Crippen LogP contribution >= 0.6 is 0 Å². The van der Waals surface area contributed by atoms with Crippen molar-refractivity contribution in [2.24, 2.45) is 0 Å². The van der Waals surface area contributed by atoms with Crippen molar-refractivity contribution < 1.29 is 35.9 Å². The van der Waals surface area contributed by atoms with Crippen molar-refractivity contribution in [1.82, 2.24) is 0 Å². The van der Waals surface area contributed by atoms with E-state index < -0.39 is 30.0 Å². The monoisotopic (exact) mass is 247 g/mol. The lowest BCUT2D eigenvalue weighted by atomic mass is 10.3. The normalized spacial score (nSPS) is 12.1. The van der Waals surface area contributed by atoms with Gasteiger partial charge in [-0.2, -0.15) is 31.6 Å². The number of carbonyl (C=O) groups is 1. The number of ether oxygens (including phenoxy) is 1. The summed E-state index contributed by atoms with van der Waals surface area (Å²) in [6.45, 7) is 2.62. The van der Waals surface area contributed by atoms with Gasteiger partial charge in [0.1, 0.15) is 11.6 Å². The number of nitrogens with zero attached hydrogens (tertiary/aromatic N) is 1. The Morgan fingerprint density at radius 1 is 1.19 bits per heavy atom. The van der Waals surface area contributed by atoms with E-state index in [2.05, 4.69) is 11.3 Å². The molecule has 0 aliphatic carbocycles. The number of halogens is 6. The molecule has 0 aromatic carbocycles. The molecule has 0 N–H and O–H groups in total. The molecule has 16 heavy (non-hydrogen) atoms. The van der Waals surface area contributed by atoms with Gasteiger partial charge in [0.25, 0.3) is 6.10 Å². The van der Waals surface area contributed by atoms with Crippen molar-refractivity contribution in [3.8, 4) is 6.07 Å². The number of rotatable bonds is 2. The summed E-state index contributed by atoms with van der Waals surface area (Å²) >= 11 is 0. The van der Waals surface area contributed by atoms with E-state index in [-0.39, 0.29) is 0 Å². The van der Waals surface area contributed by atoms with Crippen molar-refractivity contribution >= 4 is 5.97 Å². The highest BCUT2D eigenvalue weighted by atomic mass is 19.4. The van der Waals surface area contributed by atoms with Crippen LogP contribution in [-0.4, -0.2) is 24.4 Å². The summed E-state index contributed by atoms with van der Waals surface area (Å²) in [6.07, 6.45) is -15.9. The lowest BCUT2D eigenvalue weighted by Crippen LogP contribution is -2.45. The second kappa shape index (κ2) is 4.42. The summed E-state index contributed by atoms with van der Waals surface area (Å²) in [7, 11) is 0. The van der Waals surface area contributed by atoms with Crippen molar-refractivity contribution in [2.45, 2.75) is 18.5 Å². The number of alkyl halides is 6. The predicted molar refractivity (Wildman–Crippen MR) is 36.7 cm³/mol. The SMILES string of the molecule is C=C(C#N)C(=O)OC(C(F)(F)F)C(F)(F)F. The zero-order valence-electron chi connectivity index (χ0n) is 7.32. The molecule has 0 unspecified atom stereocenters. The van der Waals surface area contributed by atoms with Gasteiger partial charge in [0.05, 0.1) is 0 Å². The van der Waals surface area contributed by atoms with E-state index in [0.717, 1.165) is 6.07 Å². The fraction of sp³-hybridized carbons (Fsp3) is 0.429. The molecule has 0 amide bonds. The molecule has 0 fully saturated rings. The average Bonchev–Trinajstić information content (AvgIpc) is 2.08. The van der Waals surface area contributed by atoms with Crippen LogP contribution in [0, 0.1) is 11.3 Å². The van der Waals surface area contributed by atoms with Gasteiger partial charge in [-0.25, -0.2) is 4.79 Å². The highest BCUT2D eigenvalue weighted by Gasteiger charge is 2.60. The van der Waals surface area contributed by atoms with Gasteiger partial charge < -0.3 is 4.74 Å². The third-order valence-corrected chi connectivity index (χ3v) is 1.20. The van der Waals surface area contributed by atoms with Crippen molar-refractivity contribution in [3.05, 3.63) is 12.2 Å². The quantitative estimate of drug-likeness (QED) is 0.325. The number of carbonyl (C=O) groups excluding carboxylic acids is 1. The first kappa shape index (κ1) is 14.3. The first-order valence-corrected chi connectivity index (χ1v) is 3.43. The van der Waals surface area contributed by atoms with Crippen LogP contribution < -0.4 is 0 Å². The molecule has 90 valence electrons. The summed E-state index contributed by atoms with van der Waals surface area (Å²) in [5.74, 6) is -2.07. The molecular formula is C7H3F6NO2. The second-order valence-electron chi connectivity index (χ2n) is 2.46. The van der Waals surface area contributed by atoms with Gasteiger partial charge in [0.2, 0.25) is 0 Å². The molecule has 0 rings (SSSR count). The number of esters is 1. The Kier molecular flexibility index (Phi) is 3.95. The molecule has 9 heteroatoms. The van der Waals surface area contributed by atoms with E-state index >= 15 is 0 Å². The van der Waals surface area contributed by atoms with E-state index in [1.807, 2.05) is 0 Å². The minimum absolute atomic E-state index is 0.969. The lowest BCUT2D eigenvalue weighted by Gasteiger charge is -2.22. The van der Waals surface area contributed by atoms with E-state index in [9.17, 15) is 31.1 Å². The Labute approximate surface area is 84.9 Å². The van der Waals surface area contributed by atoms with E-state index in [4.69, 9.17) is 5.26 Å². The Hall–Kier alpha value is -1.72. The van der Waals surface area contributed by atoms with Crippen LogP contribution in [-0.2, 0) is 9.53 Å². The zero-order valence-corrected chi connectivity index (χ0v) is 7.32. The first-order chi connectivity index (χ1) is 7.00. The van der Waals surface area contributed by atoms with Gasteiger partial charge >= 0.3 is 18.3 Å². The smallest absolute Gasteiger partial charge is 0.434 e. The Bertz CT molecular complexity index is 322. The second-order valence-corrected chi connectivity index (χ2v) is 2.46. The van der Waals surface area contributed by atoms with Gasteiger partial charge in [-0.15, -0.1) is 0 Å². The van der Waals surface area contributed by atoms with E-state index in [1.54, 1.807) is 0 Å². The van der Waals surface area contributed by atoms with E-state index in [1.165, 1.54) is 0 Å². The molecule has 0 atom stereocenters. The Morgan fingerprint density at radius 3 is 1.81 bits per heavy atom. The minimum atomic E-state index is -5.80. The third kappa shape index (κ3) is 3.80. The van der Waals surface area contributed by atoms with Crippen LogP contribution in [0.1, 0.15) is 0 Å². The number of hydrogen-bond acceptors (Lipinski definition) is 3. The maximum Gasteiger partial charge on any atom is 0.434 e. The summed E-state index contributed by atoms with van der Waals surface area (Å²) in [5.41, 5.74) is -1.15. The maximum atomic E-state index is 11.8. The number of hydrogen-bond donors (Lipinski definition) is 0. The highest BCUT2D eigenvalue weighted by molar-refractivity contribution is 5.92.